The molecule has 1 atom stereocenters. The Labute approximate surface area is 217 Å². The maximum absolute atomic E-state index is 12.6. The van der Waals surface area contributed by atoms with Crippen molar-refractivity contribution >= 4 is 17.0 Å². The van der Waals surface area contributed by atoms with Crippen LogP contribution in [0.3, 0.4) is 0 Å². The van der Waals surface area contributed by atoms with E-state index in [4.69, 9.17) is 18.9 Å². The van der Waals surface area contributed by atoms with E-state index in [1.165, 1.54) is 22.3 Å². The average molecular weight is 504 g/mol. The first-order valence-electron chi connectivity index (χ1n) is 12.7. The highest BCUT2D eigenvalue weighted by Crippen LogP contribution is 2.28. The van der Waals surface area contributed by atoms with Crippen molar-refractivity contribution < 1.29 is 23.7 Å². The molecule has 8 nitrogen and oxygen atoms in total. The molecule has 8 heteroatoms. The quantitative estimate of drug-likeness (QED) is 0.437. The average Bonchev–Trinajstić information content (AvgIpc) is 3.28. The number of allylic oxidation sites excluding steroid dienone is 4. The second-order valence-corrected chi connectivity index (χ2v) is 9.59. The van der Waals surface area contributed by atoms with Crippen molar-refractivity contribution in [1.82, 2.24) is 14.8 Å². The highest BCUT2D eigenvalue weighted by atomic mass is 16.6. The SMILES string of the molecule is COc1cnc2cccc(CCCN(C)CC3CN(C4=COC=C(CC5=CC=CCC5)O4)C(=O)O3)c2c1. The van der Waals surface area contributed by atoms with Crippen LogP contribution in [-0.4, -0.2) is 60.8 Å². The summed E-state index contributed by atoms with van der Waals surface area (Å²) in [6.45, 7) is 1.94. The molecule has 2 aromatic rings. The van der Waals surface area contributed by atoms with Crippen molar-refractivity contribution in [3.05, 3.63) is 84.0 Å². The van der Waals surface area contributed by atoms with Gasteiger partial charge in [-0.3, -0.25) is 4.98 Å². The third kappa shape index (κ3) is 6.14. The number of likely N-dealkylation sites (N-methyl/N-ethyl adjacent to an activating group) is 1. The molecule has 1 fully saturated rings. The number of ether oxygens (including phenoxy) is 4. The van der Waals surface area contributed by atoms with E-state index in [1.807, 2.05) is 18.2 Å². The zero-order valence-electron chi connectivity index (χ0n) is 21.4. The first kappa shape index (κ1) is 24.9. The summed E-state index contributed by atoms with van der Waals surface area (Å²) in [6, 6.07) is 8.25. The maximum atomic E-state index is 12.6. The molecule has 1 unspecified atom stereocenters. The number of amides is 1. The fourth-order valence-corrected chi connectivity index (χ4v) is 4.87. The van der Waals surface area contributed by atoms with Gasteiger partial charge in [0.15, 0.2) is 6.26 Å². The van der Waals surface area contributed by atoms with E-state index in [2.05, 4.69) is 41.2 Å². The molecule has 194 valence electrons. The number of aromatic nitrogens is 1. The summed E-state index contributed by atoms with van der Waals surface area (Å²) >= 11 is 0. The number of carbonyl (C=O) groups is 1. The Hall–Kier alpha value is -3.78. The van der Waals surface area contributed by atoms with Crippen LogP contribution in [0.2, 0.25) is 0 Å². The summed E-state index contributed by atoms with van der Waals surface area (Å²) in [5.74, 6) is 1.83. The normalized spacial score (nSPS) is 19.2. The molecule has 1 aromatic heterocycles. The fraction of sp³-hybridized carbons (Fsp3) is 0.379. The smallest absolute Gasteiger partial charge is 0.417 e. The lowest BCUT2D eigenvalue weighted by Crippen LogP contribution is -2.33. The lowest BCUT2D eigenvalue weighted by Gasteiger charge is -2.23. The Morgan fingerprint density at radius 3 is 3.03 bits per heavy atom. The fourth-order valence-electron chi connectivity index (χ4n) is 4.87. The van der Waals surface area contributed by atoms with Crippen molar-refractivity contribution in [2.45, 2.75) is 38.2 Å². The zero-order chi connectivity index (χ0) is 25.6. The number of methoxy groups -OCH3 is 1. The molecule has 37 heavy (non-hydrogen) atoms. The Kier molecular flexibility index (Phi) is 7.75. The first-order valence-corrected chi connectivity index (χ1v) is 12.7. The highest BCUT2D eigenvalue weighted by Gasteiger charge is 2.36. The van der Waals surface area contributed by atoms with Crippen LogP contribution in [-0.2, 0) is 20.6 Å². The molecular weight excluding hydrogens is 470 g/mol. The van der Waals surface area contributed by atoms with E-state index in [9.17, 15) is 4.79 Å². The van der Waals surface area contributed by atoms with Gasteiger partial charge >= 0.3 is 6.09 Å². The zero-order valence-corrected chi connectivity index (χ0v) is 21.4. The standard InChI is InChI=1S/C29H33N3O5/c1-31(13-7-11-22-10-6-12-27-26(22)15-23(34-2)16-30-27)17-25-18-32(29(33)37-25)28-20-35-19-24(36-28)14-21-8-4-3-5-9-21/h3-4,6,8,10,12,15-16,19-20,25H,5,7,9,11,13-14,17-18H2,1-2H3. The van der Waals surface area contributed by atoms with Gasteiger partial charge in [-0.15, -0.1) is 0 Å². The molecule has 3 heterocycles. The van der Waals surface area contributed by atoms with E-state index in [1.54, 1.807) is 19.6 Å². The Morgan fingerprint density at radius 2 is 2.19 bits per heavy atom. The molecule has 1 aromatic carbocycles. The number of hydrogen-bond acceptors (Lipinski definition) is 7. The summed E-state index contributed by atoms with van der Waals surface area (Å²) < 4.78 is 22.5. The van der Waals surface area contributed by atoms with E-state index >= 15 is 0 Å². The molecule has 1 saturated heterocycles. The predicted octanol–water partition coefficient (Wildman–Crippen LogP) is 5.28. The summed E-state index contributed by atoms with van der Waals surface area (Å²) in [5.41, 5.74) is 3.50. The minimum atomic E-state index is -0.411. The molecular formula is C29H33N3O5. The van der Waals surface area contributed by atoms with Crippen molar-refractivity contribution in [3.63, 3.8) is 0 Å². The minimum absolute atomic E-state index is 0.242. The molecule has 1 aliphatic carbocycles. The van der Waals surface area contributed by atoms with E-state index < -0.39 is 6.09 Å². The number of cyclic esters (lactones) is 1. The van der Waals surface area contributed by atoms with Crippen molar-refractivity contribution in [2.24, 2.45) is 0 Å². The van der Waals surface area contributed by atoms with Crippen molar-refractivity contribution in [2.75, 3.05) is 33.8 Å². The van der Waals surface area contributed by atoms with E-state index in [0.29, 0.717) is 31.2 Å². The van der Waals surface area contributed by atoms with Gasteiger partial charge in [-0.2, -0.15) is 0 Å². The number of carbonyl (C=O) groups excluding carboxylic acids is 1. The number of aryl methyl sites for hydroxylation is 1. The maximum Gasteiger partial charge on any atom is 0.417 e. The van der Waals surface area contributed by atoms with Gasteiger partial charge in [-0.1, -0.05) is 35.9 Å². The Bertz CT molecular complexity index is 1270. The van der Waals surface area contributed by atoms with Crippen LogP contribution in [0, 0.1) is 0 Å². The van der Waals surface area contributed by atoms with Gasteiger partial charge in [0.25, 0.3) is 0 Å². The molecule has 3 aliphatic rings. The number of pyridine rings is 1. The van der Waals surface area contributed by atoms with Gasteiger partial charge in [0.05, 0.1) is 25.4 Å². The van der Waals surface area contributed by atoms with E-state index in [0.717, 1.165) is 48.9 Å². The molecule has 2 aliphatic heterocycles. The summed E-state index contributed by atoms with van der Waals surface area (Å²) in [5, 5.41) is 1.12. The number of benzene rings is 1. The van der Waals surface area contributed by atoms with Crippen LogP contribution in [0.25, 0.3) is 10.9 Å². The molecule has 1 amide bonds. The van der Waals surface area contributed by atoms with E-state index in [-0.39, 0.29) is 6.10 Å². The molecule has 0 saturated carbocycles. The largest absolute Gasteiger partial charge is 0.495 e. The van der Waals surface area contributed by atoms with Gasteiger partial charge in [0, 0.05) is 18.4 Å². The lowest BCUT2D eigenvalue weighted by molar-refractivity contribution is 0.107. The number of rotatable bonds is 10. The van der Waals surface area contributed by atoms with Gasteiger partial charge in [-0.05, 0) is 57.0 Å². The van der Waals surface area contributed by atoms with Gasteiger partial charge in [-0.25, -0.2) is 9.69 Å². The summed E-state index contributed by atoms with van der Waals surface area (Å²) in [4.78, 5) is 20.8. The molecule has 0 radical (unpaired) electrons. The number of nitrogens with zero attached hydrogens (tertiary/aromatic N) is 3. The second kappa shape index (κ2) is 11.5. The molecule has 0 N–H and O–H groups in total. The van der Waals surface area contributed by atoms with Gasteiger partial charge in [0.1, 0.15) is 23.9 Å². The molecule has 5 rings (SSSR count). The molecule has 0 bridgehead atoms. The Balaban J connectivity index is 1.10. The summed E-state index contributed by atoms with van der Waals surface area (Å²) in [6.07, 6.45) is 15.1. The Morgan fingerprint density at radius 1 is 1.27 bits per heavy atom. The first-order chi connectivity index (χ1) is 18.1. The minimum Gasteiger partial charge on any atom is -0.495 e. The van der Waals surface area contributed by atoms with Crippen LogP contribution in [0.4, 0.5) is 4.79 Å². The van der Waals surface area contributed by atoms with Crippen molar-refractivity contribution in [3.8, 4) is 5.75 Å². The van der Waals surface area contributed by atoms with Crippen molar-refractivity contribution in [1.29, 1.82) is 0 Å². The topological polar surface area (TPSA) is 73.4 Å². The highest BCUT2D eigenvalue weighted by molar-refractivity contribution is 5.83. The third-order valence-corrected chi connectivity index (χ3v) is 6.77. The van der Waals surface area contributed by atoms with Gasteiger partial charge < -0.3 is 23.8 Å². The third-order valence-electron chi connectivity index (χ3n) is 6.77. The van der Waals surface area contributed by atoms with Crippen LogP contribution in [0.1, 0.15) is 31.2 Å². The van der Waals surface area contributed by atoms with Crippen LogP contribution < -0.4 is 4.74 Å². The number of hydrogen-bond donors (Lipinski definition) is 0. The summed E-state index contributed by atoms with van der Waals surface area (Å²) in [7, 11) is 3.71. The predicted molar refractivity (Wildman–Crippen MR) is 140 cm³/mol. The number of fused-ring (bicyclic) bond motifs is 1. The van der Waals surface area contributed by atoms with Crippen LogP contribution in [0.5, 0.6) is 5.75 Å². The van der Waals surface area contributed by atoms with Crippen LogP contribution in [0.15, 0.2) is 78.4 Å². The molecule has 0 spiro atoms. The lowest BCUT2D eigenvalue weighted by atomic mass is 10.0. The monoisotopic (exact) mass is 503 g/mol. The van der Waals surface area contributed by atoms with Crippen LogP contribution >= 0.6 is 0 Å². The van der Waals surface area contributed by atoms with Gasteiger partial charge in [0.2, 0.25) is 5.88 Å². The second-order valence-electron chi connectivity index (χ2n) is 9.59.